The molecule has 0 spiro atoms. The van der Waals surface area contributed by atoms with Gasteiger partial charge in [0.2, 0.25) is 0 Å². The maximum Gasteiger partial charge on any atom is 0.320 e. The molecule has 0 atom stereocenters. The Labute approximate surface area is 167 Å². The van der Waals surface area contributed by atoms with Gasteiger partial charge in [-0.2, -0.15) is 0 Å². The summed E-state index contributed by atoms with van der Waals surface area (Å²) in [5.41, 5.74) is 0.755. The zero-order valence-electron chi connectivity index (χ0n) is 16.3. The van der Waals surface area contributed by atoms with Crippen molar-refractivity contribution in [1.82, 2.24) is 25.5 Å². The molecule has 2 rings (SSSR count). The Kier molecular flexibility index (Phi) is 7.44. The normalized spacial score (nSPS) is 10.3. The Morgan fingerprint density at radius 1 is 1.14 bits per heavy atom. The molecule has 0 bridgehead atoms. The van der Waals surface area contributed by atoms with Crippen molar-refractivity contribution in [2.75, 3.05) is 32.5 Å². The van der Waals surface area contributed by atoms with Gasteiger partial charge in [-0.05, 0) is 25.5 Å². The number of hydrogen-bond donors (Lipinski definition) is 3. The van der Waals surface area contributed by atoms with Crippen LogP contribution in [-0.4, -0.2) is 59.9 Å². The molecular formula is C18H24N6O3S. The van der Waals surface area contributed by atoms with Gasteiger partial charge < -0.3 is 15.5 Å². The third kappa shape index (κ3) is 5.26. The molecule has 10 heteroatoms. The van der Waals surface area contributed by atoms with Crippen molar-refractivity contribution >= 4 is 35.0 Å². The lowest BCUT2D eigenvalue weighted by molar-refractivity contribution is 0.0822. The van der Waals surface area contributed by atoms with E-state index in [1.807, 2.05) is 13.8 Å². The van der Waals surface area contributed by atoms with Gasteiger partial charge in [0, 0.05) is 38.9 Å². The molecule has 0 aliphatic carbocycles. The standard InChI is InChI=1S/C18H24N6O3S/c1-5-9-20-15(25)13-14(17(26)24(3)4)28-16(23-13)11-7-8-12(21-10-11)22-18(27)19-6-2/h7-8,10H,5-6,9H2,1-4H3,(H,20,25)(H2,19,21,22,27). The van der Waals surface area contributed by atoms with Gasteiger partial charge in [0.1, 0.15) is 15.7 Å². The minimum atomic E-state index is -0.378. The van der Waals surface area contributed by atoms with Crippen molar-refractivity contribution in [2.45, 2.75) is 20.3 Å². The van der Waals surface area contributed by atoms with Crippen LogP contribution in [0.5, 0.6) is 0 Å². The Morgan fingerprint density at radius 3 is 2.46 bits per heavy atom. The maximum absolute atomic E-state index is 12.5. The summed E-state index contributed by atoms with van der Waals surface area (Å²) in [6.45, 7) is 4.78. The van der Waals surface area contributed by atoms with Gasteiger partial charge in [-0.15, -0.1) is 11.3 Å². The van der Waals surface area contributed by atoms with Gasteiger partial charge in [-0.1, -0.05) is 6.92 Å². The van der Waals surface area contributed by atoms with E-state index in [1.54, 1.807) is 26.2 Å². The fourth-order valence-electron chi connectivity index (χ4n) is 2.18. The predicted octanol–water partition coefficient (Wildman–Crippen LogP) is 2.19. The van der Waals surface area contributed by atoms with E-state index in [4.69, 9.17) is 0 Å². The highest BCUT2D eigenvalue weighted by molar-refractivity contribution is 7.17. The quantitative estimate of drug-likeness (QED) is 0.654. The van der Waals surface area contributed by atoms with Crippen LogP contribution in [0.15, 0.2) is 18.3 Å². The SMILES string of the molecule is CCCNC(=O)c1nc(-c2ccc(NC(=O)NCC)nc2)sc1C(=O)N(C)C. The zero-order chi connectivity index (χ0) is 20.7. The van der Waals surface area contributed by atoms with Crippen LogP contribution in [0, 0.1) is 0 Å². The van der Waals surface area contributed by atoms with Crippen LogP contribution in [0.25, 0.3) is 10.6 Å². The molecule has 0 aliphatic rings. The number of aromatic nitrogens is 2. The van der Waals surface area contributed by atoms with E-state index in [-0.39, 0.29) is 28.4 Å². The van der Waals surface area contributed by atoms with E-state index in [9.17, 15) is 14.4 Å². The number of hydrogen-bond acceptors (Lipinski definition) is 6. The Bertz CT molecular complexity index is 848. The molecule has 150 valence electrons. The first kappa shape index (κ1) is 21.3. The Hall–Kier alpha value is -3.01. The molecule has 0 unspecified atom stereocenters. The summed E-state index contributed by atoms with van der Waals surface area (Å²) in [6, 6.07) is 3.02. The molecule has 4 amide bonds. The number of carbonyl (C=O) groups is 3. The summed E-state index contributed by atoms with van der Waals surface area (Å²) in [6.07, 6.45) is 2.32. The van der Waals surface area contributed by atoms with Crippen LogP contribution in [0.3, 0.4) is 0 Å². The first-order valence-electron chi connectivity index (χ1n) is 8.89. The predicted molar refractivity (Wildman–Crippen MR) is 109 cm³/mol. The molecule has 0 aromatic carbocycles. The maximum atomic E-state index is 12.5. The van der Waals surface area contributed by atoms with Crippen molar-refractivity contribution in [2.24, 2.45) is 0 Å². The Morgan fingerprint density at radius 2 is 1.89 bits per heavy atom. The highest BCUT2D eigenvalue weighted by Crippen LogP contribution is 2.29. The van der Waals surface area contributed by atoms with Gasteiger partial charge in [0.05, 0.1) is 0 Å². The van der Waals surface area contributed by atoms with E-state index < -0.39 is 0 Å². The number of carbonyl (C=O) groups excluding carboxylic acids is 3. The van der Waals surface area contributed by atoms with Crippen molar-refractivity contribution in [1.29, 1.82) is 0 Å². The van der Waals surface area contributed by atoms with E-state index in [1.165, 1.54) is 11.1 Å². The molecule has 2 aromatic heterocycles. The van der Waals surface area contributed by atoms with E-state index >= 15 is 0 Å². The summed E-state index contributed by atoms with van der Waals surface area (Å²) >= 11 is 1.14. The summed E-state index contributed by atoms with van der Waals surface area (Å²) in [5.74, 6) is -0.276. The summed E-state index contributed by atoms with van der Waals surface area (Å²) in [7, 11) is 3.25. The minimum absolute atomic E-state index is 0.108. The van der Waals surface area contributed by atoms with Crippen molar-refractivity contribution in [3.63, 3.8) is 0 Å². The summed E-state index contributed by atoms with van der Waals surface area (Å²) in [5, 5.41) is 8.48. The highest BCUT2D eigenvalue weighted by Gasteiger charge is 2.25. The van der Waals surface area contributed by atoms with Gasteiger partial charge in [0.15, 0.2) is 5.69 Å². The number of urea groups is 1. The van der Waals surface area contributed by atoms with E-state index in [2.05, 4.69) is 25.9 Å². The molecule has 0 fully saturated rings. The third-order valence-corrected chi connectivity index (χ3v) is 4.66. The van der Waals surface area contributed by atoms with Gasteiger partial charge in [-0.25, -0.2) is 14.8 Å². The number of rotatable bonds is 7. The first-order valence-corrected chi connectivity index (χ1v) is 9.70. The fourth-order valence-corrected chi connectivity index (χ4v) is 3.26. The number of thiazole rings is 1. The second kappa shape index (κ2) is 9.79. The molecule has 0 radical (unpaired) electrons. The van der Waals surface area contributed by atoms with E-state index in [0.29, 0.717) is 29.5 Å². The first-order chi connectivity index (χ1) is 13.4. The Balaban J connectivity index is 2.31. The smallest absolute Gasteiger partial charge is 0.320 e. The molecule has 28 heavy (non-hydrogen) atoms. The van der Waals surface area contributed by atoms with E-state index in [0.717, 1.165) is 17.8 Å². The van der Waals surface area contributed by atoms with Gasteiger partial charge >= 0.3 is 6.03 Å². The summed E-state index contributed by atoms with van der Waals surface area (Å²) < 4.78 is 0. The molecule has 0 saturated heterocycles. The lowest BCUT2D eigenvalue weighted by atomic mass is 10.2. The van der Waals surface area contributed by atoms with Crippen molar-refractivity contribution in [3.05, 3.63) is 28.9 Å². The zero-order valence-corrected chi connectivity index (χ0v) is 17.1. The molecular weight excluding hydrogens is 380 g/mol. The monoisotopic (exact) mass is 404 g/mol. The van der Waals surface area contributed by atoms with Crippen molar-refractivity contribution < 1.29 is 14.4 Å². The second-order valence-corrected chi connectivity index (χ2v) is 7.07. The third-order valence-electron chi connectivity index (χ3n) is 3.57. The molecule has 2 heterocycles. The average molecular weight is 404 g/mol. The lowest BCUT2D eigenvalue weighted by Gasteiger charge is -2.09. The average Bonchev–Trinajstić information content (AvgIpc) is 3.11. The van der Waals surface area contributed by atoms with Gasteiger partial charge in [0.25, 0.3) is 11.8 Å². The van der Waals surface area contributed by atoms with Gasteiger partial charge in [-0.3, -0.25) is 14.9 Å². The van der Waals surface area contributed by atoms with Crippen LogP contribution < -0.4 is 16.0 Å². The minimum Gasteiger partial charge on any atom is -0.351 e. The number of nitrogens with one attached hydrogen (secondary N) is 3. The topological polar surface area (TPSA) is 116 Å². The van der Waals surface area contributed by atoms with Crippen LogP contribution >= 0.6 is 11.3 Å². The molecule has 3 N–H and O–H groups in total. The molecule has 0 aliphatic heterocycles. The largest absolute Gasteiger partial charge is 0.351 e. The second-order valence-electron chi connectivity index (χ2n) is 6.07. The summed E-state index contributed by atoms with van der Waals surface area (Å²) in [4.78, 5) is 46.7. The molecule has 0 saturated carbocycles. The fraction of sp³-hybridized carbons (Fsp3) is 0.389. The molecule has 9 nitrogen and oxygen atoms in total. The number of nitrogens with zero attached hydrogens (tertiary/aromatic N) is 3. The van der Waals surface area contributed by atoms with Crippen LogP contribution in [0.1, 0.15) is 40.4 Å². The number of anilines is 1. The van der Waals surface area contributed by atoms with Crippen LogP contribution in [0.4, 0.5) is 10.6 Å². The van der Waals surface area contributed by atoms with Crippen LogP contribution in [-0.2, 0) is 0 Å². The number of pyridine rings is 1. The number of amides is 4. The highest BCUT2D eigenvalue weighted by atomic mass is 32.1. The van der Waals surface area contributed by atoms with Crippen molar-refractivity contribution in [3.8, 4) is 10.6 Å². The lowest BCUT2D eigenvalue weighted by Crippen LogP contribution is -2.28. The molecule has 2 aromatic rings. The van der Waals surface area contributed by atoms with Crippen LogP contribution in [0.2, 0.25) is 0 Å².